The fraction of sp³-hybridized carbons (Fsp3) is 0.222. The van der Waals surface area contributed by atoms with E-state index in [9.17, 15) is 0 Å². The maximum atomic E-state index is 5.67. The van der Waals surface area contributed by atoms with Gasteiger partial charge in [0.25, 0.3) is 0 Å². The van der Waals surface area contributed by atoms with Gasteiger partial charge in [0.1, 0.15) is 5.69 Å². The van der Waals surface area contributed by atoms with Crippen LogP contribution in [0.2, 0.25) is 0 Å². The van der Waals surface area contributed by atoms with E-state index in [0.29, 0.717) is 5.69 Å². The molecule has 0 spiro atoms. The molecule has 2 N–H and O–H groups in total. The molecule has 0 bridgehead atoms. The Labute approximate surface area is 91.6 Å². The maximum Gasteiger partial charge on any atom is 0.208 e. The summed E-state index contributed by atoms with van der Waals surface area (Å²) in [6, 6.07) is 3.54. The highest BCUT2D eigenvalue weighted by Crippen LogP contribution is 2.26. The number of aromatic nitrogens is 3. The van der Waals surface area contributed by atoms with E-state index in [2.05, 4.69) is 15.2 Å². The number of anilines is 2. The molecule has 2 aromatic rings. The average molecular weight is 221 g/mol. The van der Waals surface area contributed by atoms with Gasteiger partial charge in [-0.2, -0.15) is 0 Å². The van der Waals surface area contributed by atoms with Gasteiger partial charge >= 0.3 is 0 Å². The molecule has 15 heavy (non-hydrogen) atoms. The molecule has 0 aromatic carbocycles. The van der Waals surface area contributed by atoms with E-state index < -0.39 is 0 Å². The molecule has 0 saturated heterocycles. The second-order valence-electron chi connectivity index (χ2n) is 3.26. The van der Waals surface area contributed by atoms with Crippen LogP contribution < -0.4 is 10.6 Å². The van der Waals surface area contributed by atoms with Crippen molar-refractivity contribution in [2.75, 3.05) is 24.7 Å². The molecule has 0 saturated carbocycles. The molecular formula is C9H11N5S. The molecule has 0 fully saturated rings. The van der Waals surface area contributed by atoms with Gasteiger partial charge in [-0.05, 0) is 12.1 Å². The smallest absolute Gasteiger partial charge is 0.208 e. The summed E-state index contributed by atoms with van der Waals surface area (Å²) in [5.74, 6) is 0. The Balaban J connectivity index is 2.37. The van der Waals surface area contributed by atoms with Crippen LogP contribution in [0, 0.1) is 0 Å². The lowest BCUT2D eigenvalue weighted by molar-refractivity contribution is 1.02. The highest BCUT2D eigenvalue weighted by atomic mass is 32.1. The van der Waals surface area contributed by atoms with Crippen LogP contribution in [0.15, 0.2) is 18.3 Å². The van der Waals surface area contributed by atoms with E-state index in [1.807, 2.05) is 19.0 Å². The van der Waals surface area contributed by atoms with Gasteiger partial charge < -0.3 is 10.6 Å². The summed E-state index contributed by atoms with van der Waals surface area (Å²) in [6.07, 6.45) is 1.67. The van der Waals surface area contributed by atoms with Crippen LogP contribution in [0.5, 0.6) is 0 Å². The molecule has 0 amide bonds. The van der Waals surface area contributed by atoms with Crippen molar-refractivity contribution in [3.63, 3.8) is 0 Å². The van der Waals surface area contributed by atoms with Gasteiger partial charge in [-0.15, -0.1) is 10.2 Å². The Kier molecular flexibility index (Phi) is 2.51. The van der Waals surface area contributed by atoms with E-state index >= 15 is 0 Å². The molecule has 2 heterocycles. The van der Waals surface area contributed by atoms with E-state index in [4.69, 9.17) is 5.73 Å². The summed E-state index contributed by atoms with van der Waals surface area (Å²) in [4.78, 5) is 6.10. The molecule has 0 aliphatic carbocycles. The van der Waals surface area contributed by atoms with E-state index in [-0.39, 0.29) is 0 Å². The summed E-state index contributed by atoms with van der Waals surface area (Å²) >= 11 is 1.49. The number of pyridine rings is 1. The average Bonchev–Trinajstić information content (AvgIpc) is 2.66. The van der Waals surface area contributed by atoms with Gasteiger partial charge in [0.05, 0.1) is 0 Å². The molecule has 0 atom stereocenters. The summed E-state index contributed by atoms with van der Waals surface area (Å²) < 4.78 is 0. The Hall–Kier alpha value is -1.69. The van der Waals surface area contributed by atoms with Gasteiger partial charge in [0, 0.05) is 26.0 Å². The predicted octanol–water partition coefficient (Wildman–Crippen LogP) is 1.25. The van der Waals surface area contributed by atoms with Gasteiger partial charge in [0.15, 0.2) is 5.01 Å². The molecule has 0 radical (unpaired) electrons. The predicted molar refractivity (Wildman–Crippen MR) is 61.9 cm³/mol. The summed E-state index contributed by atoms with van der Waals surface area (Å²) in [5.41, 5.74) is 7.12. The Morgan fingerprint density at radius 1 is 1.33 bits per heavy atom. The first-order chi connectivity index (χ1) is 7.16. The zero-order valence-electron chi connectivity index (χ0n) is 8.51. The molecule has 0 aliphatic rings. The fourth-order valence-corrected chi connectivity index (χ4v) is 1.80. The Bertz CT molecular complexity index is 465. The SMILES string of the molecule is CN(C)c1nnc(-c2cc(N)ccn2)s1. The number of hydrogen-bond donors (Lipinski definition) is 1. The third-order valence-electron chi connectivity index (χ3n) is 1.80. The van der Waals surface area contributed by atoms with Crippen molar-refractivity contribution < 1.29 is 0 Å². The lowest BCUT2D eigenvalue weighted by atomic mass is 10.3. The van der Waals surface area contributed by atoms with E-state index in [1.165, 1.54) is 11.3 Å². The lowest BCUT2D eigenvalue weighted by Crippen LogP contribution is -2.07. The van der Waals surface area contributed by atoms with E-state index in [0.717, 1.165) is 15.8 Å². The minimum atomic E-state index is 0.682. The molecule has 5 nitrogen and oxygen atoms in total. The zero-order valence-corrected chi connectivity index (χ0v) is 9.32. The van der Waals surface area contributed by atoms with Crippen molar-refractivity contribution in [2.45, 2.75) is 0 Å². The van der Waals surface area contributed by atoms with Crippen molar-refractivity contribution in [1.29, 1.82) is 0 Å². The Morgan fingerprint density at radius 2 is 2.13 bits per heavy atom. The van der Waals surface area contributed by atoms with E-state index in [1.54, 1.807) is 18.3 Å². The van der Waals surface area contributed by atoms with Crippen LogP contribution in [-0.4, -0.2) is 29.3 Å². The fourth-order valence-electron chi connectivity index (χ4n) is 1.06. The highest BCUT2D eigenvalue weighted by molar-refractivity contribution is 7.18. The van der Waals surface area contributed by atoms with Gasteiger partial charge in [0.2, 0.25) is 5.13 Å². The normalized spacial score (nSPS) is 10.3. The summed E-state index contributed by atoms with van der Waals surface area (Å²) in [6.45, 7) is 0. The largest absolute Gasteiger partial charge is 0.399 e. The molecule has 2 aromatic heterocycles. The number of hydrogen-bond acceptors (Lipinski definition) is 6. The highest BCUT2D eigenvalue weighted by Gasteiger charge is 2.08. The van der Waals surface area contributed by atoms with Crippen molar-refractivity contribution in [3.05, 3.63) is 18.3 Å². The first-order valence-electron chi connectivity index (χ1n) is 4.39. The molecule has 0 unspecified atom stereocenters. The van der Waals surface area contributed by atoms with Crippen LogP contribution in [0.3, 0.4) is 0 Å². The van der Waals surface area contributed by atoms with Crippen molar-refractivity contribution >= 4 is 22.2 Å². The third-order valence-corrected chi connectivity index (χ3v) is 2.91. The number of nitrogens with zero attached hydrogens (tertiary/aromatic N) is 4. The summed E-state index contributed by atoms with van der Waals surface area (Å²) in [7, 11) is 3.86. The second-order valence-corrected chi connectivity index (χ2v) is 4.21. The van der Waals surface area contributed by atoms with Crippen molar-refractivity contribution in [2.24, 2.45) is 0 Å². The second kappa shape index (κ2) is 3.82. The van der Waals surface area contributed by atoms with Gasteiger partial charge in [-0.1, -0.05) is 11.3 Å². The molecule has 6 heteroatoms. The lowest BCUT2D eigenvalue weighted by Gasteiger charge is -2.03. The Morgan fingerprint density at radius 3 is 2.73 bits per heavy atom. The van der Waals surface area contributed by atoms with Gasteiger partial charge in [-0.3, -0.25) is 4.98 Å². The molecular weight excluding hydrogens is 210 g/mol. The standard InChI is InChI=1S/C9H11N5S/c1-14(2)9-13-12-8(15-9)7-5-6(10)3-4-11-7/h3-5H,1-2H3,(H2,10,11). The zero-order chi connectivity index (χ0) is 10.8. The van der Waals surface area contributed by atoms with Crippen LogP contribution in [0.4, 0.5) is 10.8 Å². The third kappa shape index (κ3) is 2.04. The maximum absolute atomic E-state index is 5.67. The first-order valence-corrected chi connectivity index (χ1v) is 5.21. The number of rotatable bonds is 2. The molecule has 2 rings (SSSR count). The minimum Gasteiger partial charge on any atom is -0.399 e. The topological polar surface area (TPSA) is 67.9 Å². The van der Waals surface area contributed by atoms with Crippen LogP contribution in [0.25, 0.3) is 10.7 Å². The van der Waals surface area contributed by atoms with Crippen molar-refractivity contribution in [3.8, 4) is 10.7 Å². The van der Waals surface area contributed by atoms with Crippen molar-refractivity contribution in [1.82, 2.24) is 15.2 Å². The minimum absolute atomic E-state index is 0.682. The van der Waals surface area contributed by atoms with Crippen LogP contribution in [0.1, 0.15) is 0 Å². The molecule has 78 valence electrons. The van der Waals surface area contributed by atoms with Gasteiger partial charge in [-0.25, -0.2) is 0 Å². The first kappa shape index (κ1) is 9.85. The monoisotopic (exact) mass is 221 g/mol. The molecule has 0 aliphatic heterocycles. The van der Waals surface area contributed by atoms with Crippen LogP contribution >= 0.6 is 11.3 Å². The number of nitrogens with two attached hydrogens (primary N) is 1. The number of nitrogen functional groups attached to an aromatic ring is 1. The summed E-state index contributed by atoms with van der Waals surface area (Å²) in [5, 5.41) is 9.73. The van der Waals surface area contributed by atoms with Crippen LogP contribution in [-0.2, 0) is 0 Å². The quantitative estimate of drug-likeness (QED) is 0.826.